The van der Waals surface area contributed by atoms with E-state index >= 15 is 0 Å². The second kappa shape index (κ2) is 11.1. The molecule has 0 aromatic heterocycles. The SMILES string of the molecule is COc1cc(/C=N/NC(=O)c2ccc(C(=O)N/N=C/c3ccc(O)c(OC)c3)cc2)ccc1O. The monoisotopic (exact) mass is 462 g/mol. The molecular weight excluding hydrogens is 440 g/mol. The Hall–Kier alpha value is -4.86. The molecule has 0 aliphatic rings. The molecule has 0 bridgehead atoms. The summed E-state index contributed by atoms with van der Waals surface area (Å²) in [5.41, 5.74) is 6.62. The number of ether oxygens (including phenoxy) is 2. The average molecular weight is 462 g/mol. The number of carbonyl (C=O) groups excluding carboxylic acids is 2. The zero-order valence-corrected chi connectivity index (χ0v) is 18.4. The number of hydrogen-bond donors (Lipinski definition) is 4. The number of methoxy groups -OCH3 is 2. The second-order valence-corrected chi connectivity index (χ2v) is 6.84. The van der Waals surface area contributed by atoms with E-state index in [-0.39, 0.29) is 23.0 Å². The van der Waals surface area contributed by atoms with Gasteiger partial charge in [0.2, 0.25) is 0 Å². The predicted octanol–water partition coefficient (Wildman–Crippen LogP) is 2.64. The van der Waals surface area contributed by atoms with E-state index in [4.69, 9.17) is 9.47 Å². The zero-order chi connectivity index (χ0) is 24.5. The molecule has 3 rings (SSSR count). The van der Waals surface area contributed by atoms with E-state index in [9.17, 15) is 19.8 Å². The summed E-state index contributed by atoms with van der Waals surface area (Å²) < 4.78 is 10.0. The van der Waals surface area contributed by atoms with Crippen molar-refractivity contribution in [3.8, 4) is 23.0 Å². The van der Waals surface area contributed by atoms with Gasteiger partial charge in [-0.05, 0) is 71.8 Å². The number of aromatic hydroxyl groups is 2. The number of amides is 2. The Bertz CT molecular complexity index is 1140. The fourth-order valence-electron chi connectivity index (χ4n) is 2.78. The lowest BCUT2D eigenvalue weighted by Gasteiger charge is -2.04. The Balaban J connectivity index is 1.55. The lowest BCUT2D eigenvalue weighted by atomic mass is 10.1. The standard InChI is InChI=1S/C24H22N4O6/c1-33-21-11-15(3-9-19(21)29)13-25-27-23(31)17-5-7-18(8-6-17)24(32)28-26-14-16-4-10-20(30)22(12-16)34-2/h3-14,29-30H,1-2H3,(H,27,31)(H,28,32)/b25-13+,26-14+. The van der Waals surface area contributed by atoms with Crippen molar-refractivity contribution in [1.29, 1.82) is 0 Å². The first kappa shape index (κ1) is 23.8. The van der Waals surface area contributed by atoms with Gasteiger partial charge >= 0.3 is 0 Å². The van der Waals surface area contributed by atoms with Crippen molar-refractivity contribution >= 4 is 24.2 Å². The summed E-state index contributed by atoms with van der Waals surface area (Å²) in [6.45, 7) is 0. The van der Waals surface area contributed by atoms with Crippen molar-refractivity contribution < 1.29 is 29.3 Å². The van der Waals surface area contributed by atoms with Crippen LogP contribution in [0.15, 0.2) is 70.9 Å². The summed E-state index contributed by atoms with van der Waals surface area (Å²) in [7, 11) is 2.86. The summed E-state index contributed by atoms with van der Waals surface area (Å²) in [4.78, 5) is 24.5. The highest BCUT2D eigenvalue weighted by atomic mass is 16.5. The summed E-state index contributed by atoms with van der Waals surface area (Å²) in [6, 6.07) is 15.2. The Morgan fingerprint density at radius 1 is 0.706 bits per heavy atom. The zero-order valence-electron chi connectivity index (χ0n) is 18.4. The van der Waals surface area contributed by atoms with Gasteiger partial charge in [0.1, 0.15) is 0 Å². The first-order valence-electron chi connectivity index (χ1n) is 9.92. The largest absolute Gasteiger partial charge is 0.504 e. The van der Waals surface area contributed by atoms with Crippen molar-refractivity contribution in [2.45, 2.75) is 0 Å². The van der Waals surface area contributed by atoms with Gasteiger partial charge < -0.3 is 19.7 Å². The van der Waals surface area contributed by atoms with Crippen LogP contribution in [-0.4, -0.2) is 48.7 Å². The quantitative estimate of drug-likeness (QED) is 0.300. The molecule has 0 aliphatic carbocycles. The molecule has 0 fully saturated rings. The first-order chi connectivity index (χ1) is 16.4. The third-order valence-corrected chi connectivity index (χ3v) is 4.58. The number of phenolic OH excluding ortho intramolecular Hbond substituents is 2. The molecule has 3 aromatic carbocycles. The van der Waals surface area contributed by atoms with E-state index in [0.717, 1.165) is 0 Å². The van der Waals surface area contributed by atoms with E-state index in [1.165, 1.54) is 63.0 Å². The first-order valence-corrected chi connectivity index (χ1v) is 9.92. The molecule has 0 spiro atoms. The smallest absolute Gasteiger partial charge is 0.271 e. The Labute approximate surface area is 195 Å². The molecule has 4 N–H and O–H groups in total. The number of carbonyl (C=O) groups is 2. The fraction of sp³-hybridized carbons (Fsp3) is 0.0833. The molecule has 10 heteroatoms. The number of nitrogens with one attached hydrogen (secondary N) is 2. The number of benzene rings is 3. The van der Waals surface area contributed by atoms with E-state index < -0.39 is 11.8 Å². The minimum Gasteiger partial charge on any atom is -0.504 e. The third-order valence-electron chi connectivity index (χ3n) is 4.58. The van der Waals surface area contributed by atoms with Crippen LogP contribution >= 0.6 is 0 Å². The Kier molecular flexibility index (Phi) is 7.79. The summed E-state index contributed by atoms with van der Waals surface area (Å²) in [6.07, 6.45) is 2.81. The number of hydrogen-bond acceptors (Lipinski definition) is 8. The van der Waals surface area contributed by atoms with Crippen molar-refractivity contribution in [3.63, 3.8) is 0 Å². The van der Waals surface area contributed by atoms with Gasteiger partial charge in [-0.25, -0.2) is 10.9 Å². The number of hydrazone groups is 2. The van der Waals surface area contributed by atoms with Crippen molar-refractivity contribution in [2.75, 3.05) is 14.2 Å². The van der Waals surface area contributed by atoms with E-state index in [1.807, 2.05) is 0 Å². The van der Waals surface area contributed by atoms with Crippen LogP contribution in [0.5, 0.6) is 23.0 Å². The maximum atomic E-state index is 12.3. The highest BCUT2D eigenvalue weighted by Gasteiger charge is 2.08. The van der Waals surface area contributed by atoms with E-state index in [2.05, 4.69) is 21.1 Å². The molecular formula is C24H22N4O6. The summed E-state index contributed by atoms with van der Waals surface area (Å²) in [5.74, 6) is -0.354. The van der Waals surface area contributed by atoms with Crippen LogP contribution < -0.4 is 20.3 Å². The molecule has 174 valence electrons. The molecule has 2 amide bonds. The Morgan fingerprint density at radius 2 is 1.09 bits per heavy atom. The molecule has 0 saturated carbocycles. The van der Waals surface area contributed by atoms with Gasteiger partial charge in [-0.1, -0.05) is 0 Å². The molecule has 0 aliphatic heterocycles. The highest BCUT2D eigenvalue weighted by Crippen LogP contribution is 2.26. The fourth-order valence-corrected chi connectivity index (χ4v) is 2.78. The number of phenols is 2. The van der Waals surface area contributed by atoms with Gasteiger partial charge in [-0.3, -0.25) is 9.59 Å². The van der Waals surface area contributed by atoms with E-state index in [1.54, 1.807) is 24.3 Å². The van der Waals surface area contributed by atoms with Crippen molar-refractivity contribution in [1.82, 2.24) is 10.9 Å². The minimum atomic E-state index is -0.465. The van der Waals surface area contributed by atoms with Gasteiger partial charge in [0.15, 0.2) is 23.0 Å². The van der Waals surface area contributed by atoms with E-state index in [0.29, 0.717) is 22.3 Å². The van der Waals surface area contributed by atoms with Crippen LogP contribution in [-0.2, 0) is 0 Å². The summed E-state index contributed by atoms with van der Waals surface area (Å²) >= 11 is 0. The second-order valence-electron chi connectivity index (χ2n) is 6.84. The van der Waals surface area contributed by atoms with Crippen LogP contribution in [0.4, 0.5) is 0 Å². The Morgan fingerprint density at radius 3 is 1.44 bits per heavy atom. The van der Waals surface area contributed by atoms with Crippen LogP contribution in [0, 0.1) is 0 Å². The van der Waals surface area contributed by atoms with Gasteiger partial charge in [-0.2, -0.15) is 10.2 Å². The van der Waals surface area contributed by atoms with Crippen LogP contribution in [0.1, 0.15) is 31.8 Å². The van der Waals surface area contributed by atoms with Gasteiger partial charge in [0, 0.05) is 11.1 Å². The lowest BCUT2D eigenvalue weighted by Crippen LogP contribution is -2.19. The van der Waals surface area contributed by atoms with Gasteiger partial charge in [0.05, 0.1) is 26.6 Å². The molecule has 3 aromatic rings. The molecule has 0 unspecified atom stereocenters. The van der Waals surface area contributed by atoms with Crippen LogP contribution in [0.2, 0.25) is 0 Å². The van der Waals surface area contributed by atoms with Crippen LogP contribution in [0.3, 0.4) is 0 Å². The predicted molar refractivity (Wildman–Crippen MR) is 126 cm³/mol. The number of rotatable bonds is 8. The third kappa shape index (κ3) is 6.10. The van der Waals surface area contributed by atoms with Crippen LogP contribution in [0.25, 0.3) is 0 Å². The molecule has 0 saturated heterocycles. The molecule has 0 radical (unpaired) electrons. The molecule has 34 heavy (non-hydrogen) atoms. The van der Waals surface area contributed by atoms with Gasteiger partial charge in [0.25, 0.3) is 11.8 Å². The highest BCUT2D eigenvalue weighted by molar-refractivity contribution is 5.98. The topological polar surface area (TPSA) is 142 Å². The van der Waals surface area contributed by atoms with Gasteiger partial charge in [-0.15, -0.1) is 0 Å². The van der Waals surface area contributed by atoms with Crippen molar-refractivity contribution in [3.05, 3.63) is 82.9 Å². The molecule has 0 atom stereocenters. The molecule has 10 nitrogen and oxygen atoms in total. The normalized spacial score (nSPS) is 10.9. The maximum Gasteiger partial charge on any atom is 0.271 e. The lowest BCUT2D eigenvalue weighted by molar-refractivity contribution is 0.0943. The van der Waals surface area contributed by atoms with Crippen molar-refractivity contribution in [2.24, 2.45) is 10.2 Å². The maximum absolute atomic E-state index is 12.3. The summed E-state index contributed by atoms with van der Waals surface area (Å²) in [5, 5.41) is 27.0. The number of nitrogens with zero attached hydrogens (tertiary/aromatic N) is 2. The molecule has 0 heterocycles. The minimum absolute atomic E-state index is 0.000845. The average Bonchev–Trinajstić information content (AvgIpc) is 2.86.